The fourth-order valence-corrected chi connectivity index (χ4v) is 2.94. The van der Waals surface area contributed by atoms with Crippen LogP contribution in [0.15, 0.2) is 0 Å². The Morgan fingerprint density at radius 3 is 2.00 bits per heavy atom. The lowest BCUT2D eigenvalue weighted by Gasteiger charge is -2.46. The van der Waals surface area contributed by atoms with E-state index in [0.717, 1.165) is 13.1 Å². The van der Waals surface area contributed by atoms with Crippen molar-refractivity contribution in [3.8, 4) is 0 Å². The molecule has 0 aromatic heterocycles. The molecule has 1 aliphatic heterocycles. The van der Waals surface area contributed by atoms with Crippen LogP contribution in [0.25, 0.3) is 0 Å². The van der Waals surface area contributed by atoms with Crippen molar-refractivity contribution >= 4 is 21.4 Å². The second-order valence-electron chi connectivity index (χ2n) is 2.26. The van der Waals surface area contributed by atoms with Crippen molar-refractivity contribution in [3.05, 3.63) is 0 Å². The third kappa shape index (κ3) is 1.29. The van der Waals surface area contributed by atoms with Gasteiger partial charge >= 0.3 is 0 Å². The Kier molecular flexibility index (Phi) is 2.52. The first kappa shape index (κ1) is 7.53. The smallest absolute Gasteiger partial charge is 0.177 e. The molecule has 1 saturated heterocycles. The predicted octanol–water partition coefficient (Wildman–Crippen LogP) is 0.165. The molecule has 2 nitrogen and oxygen atoms in total. The van der Waals surface area contributed by atoms with Gasteiger partial charge in [0.25, 0.3) is 0 Å². The van der Waals surface area contributed by atoms with E-state index in [-0.39, 0.29) is 15.5 Å². The summed E-state index contributed by atoms with van der Waals surface area (Å²) in [6.45, 7) is 6.57. The van der Waals surface area contributed by atoms with Crippen LogP contribution in [0.5, 0.6) is 0 Å². The monoisotopic (exact) mass is 164 g/mol. The second kappa shape index (κ2) is 3.01. The maximum Gasteiger partial charge on any atom is 0.177 e. The van der Waals surface area contributed by atoms with Gasteiger partial charge in [-0.15, -0.1) is 0 Å². The molecule has 54 valence electrons. The van der Waals surface area contributed by atoms with E-state index >= 15 is 0 Å². The van der Waals surface area contributed by atoms with E-state index in [0.29, 0.717) is 0 Å². The standard InChI is InChI=1S/C5H13ClN2Si/c1-3-7-5(6)8(4-2)9-7/h5H,3-4,9H2,1-2H3. The molecule has 0 aromatic rings. The summed E-state index contributed by atoms with van der Waals surface area (Å²) in [5.41, 5.74) is 0.228. The summed E-state index contributed by atoms with van der Waals surface area (Å²) in [6.07, 6.45) is 0. The summed E-state index contributed by atoms with van der Waals surface area (Å²) in [6, 6.07) is 0. The first-order chi connectivity index (χ1) is 4.29. The van der Waals surface area contributed by atoms with Crippen molar-refractivity contribution in [1.82, 2.24) is 9.13 Å². The van der Waals surface area contributed by atoms with Gasteiger partial charge in [-0.1, -0.05) is 25.4 Å². The zero-order valence-electron chi connectivity index (χ0n) is 5.97. The van der Waals surface area contributed by atoms with Crippen LogP contribution in [0.1, 0.15) is 13.8 Å². The zero-order chi connectivity index (χ0) is 6.85. The molecule has 0 radical (unpaired) electrons. The van der Waals surface area contributed by atoms with Gasteiger partial charge in [0.15, 0.2) is 9.84 Å². The molecule has 0 aromatic carbocycles. The van der Waals surface area contributed by atoms with Crippen LogP contribution in [-0.4, -0.2) is 37.7 Å². The normalized spacial score (nSPS) is 33.0. The van der Waals surface area contributed by atoms with Crippen LogP contribution in [0.3, 0.4) is 0 Å². The molecule has 0 atom stereocenters. The maximum absolute atomic E-state index is 5.97. The van der Waals surface area contributed by atoms with Crippen LogP contribution in [0.2, 0.25) is 0 Å². The van der Waals surface area contributed by atoms with Crippen molar-refractivity contribution in [2.75, 3.05) is 13.1 Å². The van der Waals surface area contributed by atoms with E-state index < -0.39 is 0 Å². The van der Waals surface area contributed by atoms with E-state index in [1.54, 1.807) is 0 Å². The van der Waals surface area contributed by atoms with Crippen LogP contribution >= 0.6 is 11.6 Å². The third-order valence-corrected chi connectivity index (χ3v) is 5.11. The SMILES string of the molecule is CCN1[SiH2]N(CC)C1Cl. The summed E-state index contributed by atoms with van der Waals surface area (Å²) < 4.78 is 4.70. The molecular formula is C5H13ClN2Si. The molecule has 0 unspecified atom stereocenters. The van der Waals surface area contributed by atoms with Crippen LogP contribution in [0, 0.1) is 0 Å². The second-order valence-corrected chi connectivity index (χ2v) is 4.56. The lowest BCUT2D eigenvalue weighted by atomic mass is 10.7. The number of hydrogen-bond acceptors (Lipinski definition) is 2. The molecule has 1 fully saturated rings. The van der Waals surface area contributed by atoms with Crippen molar-refractivity contribution in [2.45, 2.75) is 19.5 Å². The van der Waals surface area contributed by atoms with E-state index in [1.165, 1.54) is 0 Å². The van der Waals surface area contributed by atoms with Crippen molar-refractivity contribution in [1.29, 1.82) is 0 Å². The Morgan fingerprint density at radius 2 is 1.78 bits per heavy atom. The highest BCUT2D eigenvalue weighted by Crippen LogP contribution is 2.18. The molecule has 9 heavy (non-hydrogen) atoms. The van der Waals surface area contributed by atoms with E-state index in [2.05, 4.69) is 23.0 Å². The Hall–Kier alpha value is 0.427. The average Bonchev–Trinajstić information content (AvgIpc) is 1.87. The number of halogens is 1. The quantitative estimate of drug-likeness (QED) is 0.326. The molecule has 1 rings (SSSR count). The summed E-state index contributed by atoms with van der Waals surface area (Å²) in [4.78, 5) is 0. The Bertz CT molecular complexity index is 91.0. The van der Waals surface area contributed by atoms with Gasteiger partial charge in [0.05, 0.1) is 0 Å². The minimum Gasteiger partial charge on any atom is -0.289 e. The summed E-state index contributed by atoms with van der Waals surface area (Å²) in [7, 11) is -0.0799. The summed E-state index contributed by atoms with van der Waals surface area (Å²) in [5.74, 6) is 0. The van der Waals surface area contributed by atoms with Gasteiger partial charge in [0.1, 0.15) is 5.62 Å². The van der Waals surface area contributed by atoms with Crippen LogP contribution < -0.4 is 0 Å². The summed E-state index contributed by atoms with van der Waals surface area (Å²) in [5, 5.41) is 0. The van der Waals surface area contributed by atoms with E-state index in [9.17, 15) is 0 Å². The molecule has 0 aliphatic carbocycles. The van der Waals surface area contributed by atoms with Crippen LogP contribution in [0.4, 0.5) is 0 Å². The molecule has 0 spiro atoms. The van der Waals surface area contributed by atoms with Crippen molar-refractivity contribution < 1.29 is 0 Å². The molecule has 0 amide bonds. The Morgan fingerprint density at radius 1 is 1.33 bits per heavy atom. The third-order valence-electron chi connectivity index (χ3n) is 1.78. The zero-order valence-corrected chi connectivity index (χ0v) is 8.14. The molecule has 1 aliphatic rings. The van der Waals surface area contributed by atoms with Gasteiger partial charge in [0, 0.05) is 0 Å². The number of alkyl halides is 1. The van der Waals surface area contributed by atoms with E-state index in [1.807, 2.05) is 0 Å². The minimum atomic E-state index is -0.0799. The largest absolute Gasteiger partial charge is 0.289 e. The highest BCUT2D eigenvalue weighted by molar-refractivity contribution is 6.39. The van der Waals surface area contributed by atoms with Crippen molar-refractivity contribution in [3.63, 3.8) is 0 Å². The summed E-state index contributed by atoms with van der Waals surface area (Å²) >= 11 is 5.97. The van der Waals surface area contributed by atoms with Crippen LogP contribution in [-0.2, 0) is 0 Å². The fraction of sp³-hybridized carbons (Fsp3) is 1.00. The molecule has 0 bridgehead atoms. The lowest BCUT2D eigenvalue weighted by molar-refractivity contribution is 0.176. The van der Waals surface area contributed by atoms with E-state index in [4.69, 9.17) is 11.6 Å². The minimum absolute atomic E-state index is 0.0799. The predicted molar refractivity (Wildman–Crippen MR) is 42.9 cm³/mol. The van der Waals surface area contributed by atoms with Gasteiger partial charge in [0.2, 0.25) is 0 Å². The Labute approximate surface area is 63.8 Å². The van der Waals surface area contributed by atoms with Gasteiger partial charge in [-0.05, 0) is 13.1 Å². The average molecular weight is 165 g/mol. The fourth-order valence-electron chi connectivity index (χ4n) is 1.00. The lowest BCUT2D eigenvalue weighted by Crippen LogP contribution is -2.63. The maximum atomic E-state index is 5.97. The first-order valence-electron chi connectivity index (χ1n) is 3.41. The topological polar surface area (TPSA) is 6.48 Å². The van der Waals surface area contributed by atoms with Gasteiger partial charge in [-0.25, -0.2) is 0 Å². The number of rotatable bonds is 2. The van der Waals surface area contributed by atoms with Gasteiger partial charge in [-0.2, -0.15) is 0 Å². The number of hydrogen-bond donors (Lipinski definition) is 0. The van der Waals surface area contributed by atoms with Crippen molar-refractivity contribution in [2.24, 2.45) is 0 Å². The highest BCUT2D eigenvalue weighted by atomic mass is 35.5. The van der Waals surface area contributed by atoms with Gasteiger partial charge < -0.3 is 0 Å². The molecule has 0 N–H and O–H groups in total. The highest BCUT2D eigenvalue weighted by Gasteiger charge is 2.31. The first-order valence-corrected chi connectivity index (χ1v) is 5.12. The Balaban J connectivity index is 2.24. The number of nitrogens with zero attached hydrogens (tertiary/aromatic N) is 2. The molecule has 1 heterocycles. The molecule has 4 heteroatoms. The molecular weight excluding hydrogens is 152 g/mol. The molecule has 0 saturated carbocycles. The van der Waals surface area contributed by atoms with Gasteiger partial charge in [-0.3, -0.25) is 9.13 Å².